The van der Waals surface area contributed by atoms with Gasteiger partial charge in [-0.2, -0.15) is 4.99 Å². The number of hydrogen-bond donors (Lipinski definition) is 0. The maximum Gasteiger partial charge on any atom is 0.239 e. The molecule has 2 nitrogen and oxygen atoms in total. The number of hydrogen-bond acceptors (Lipinski definition) is 2. The van der Waals surface area contributed by atoms with E-state index in [-0.39, 0.29) is 5.92 Å². The van der Waals surface area contributed by atoms with Gasteiger partial charge in [-0.05, 0) is 5.92 Å². The van der Waals surface area contributed by atoms with E-state index in [9.17, 15) is 4.79 Å². The van der Waals surface area contributed by atoms with Crippen molar-refractivity contribution < 1.29 is 4.79 Å². The van der Waals surface area contributed by atoms with E-state index < -0.39 is 0 Å². The molecule has 0 aliphatic rings. The summed E-state index contributed by atoms with van der Waals surface area (Å²) in [6.45, 7) is 3.83. The number of aliphatic imine (C=N–C) groups is 1. The van der Waals surface area contributed by atoms with Crippen molar-refractivity contribution in [3.05, 3.63) is 11.2 Å². The van der Waals surface area contributed by atoms with Crippen LogP contribution < -0.4 is 0 Å². The second-order valence-electron chi connectivity index (χ2n) is 1.89. The largest absolute Gasteiger partial charge is 0.239 e. The van der Waals surface area contributed by atoms with Gasteiger partial charge in [0.1, 0.15) is 0 Å². The predicted molar refractivity (Wildman–Crippen MR) is 36.9 cm³/mol. The summed E-state index contributed by atoms with van der Waals surface area (Å²) in [5.74, 6) is 0.226. The Hall–Kier alpha value is -0.590. The molecule has 0 spiro atoms. The molecular weight excluding hydrogens is 138 g/mol. The maximum atomic E-state index is 9.54. The molecule has 0 N–H and O–H groups in total. The standard InChI is InChI=1S/C6H8ClNO/c1-5(2)6(7)3-8-4-9/h3,5H,1-2H3. The summed E-state index contributed by atoms with van der Waals surface area (Å²) in [6.07, 6.45) is 2.67. The van der Waals surface area contributed by atoms with E-state index in [2.05, 4.69) is 4.99 Å². The van der Waals surface area contributed by atoms with E-state index >= 15 is 0 Å². The first-order valence-electron chi connectivity index (χ1n) is 2.61. The molecule has 0 radical (unpaired) electrons. The Morgan fingerprint density at radius 1 is 1.78 bits per heavy atom. The van der Waals surface area contributed by atoms with Crippen LogP contribution in [-0.4, -0.2) is 6.08 Å². The third-order valence-electron chi connectivity index (χ3n) is 0.792. The van der Waals surface area contributed by atoms with Gasteiger partial charge >= 0.3 is 0 Å². The Morgan fingerprint density at radius 2 is 2.33 bits per heavy atom. The van der Waals surface area contributed by atoms with Gasteiger partial charge in [0.15, 0.2) is 0 Å². The van der Waals surface area contributed by atoms with E-state index in [4.69, 9.17) is 11.6 Å². The van der Waals surface area contributed by atoms with Crippen LogP contribution in [0, 0.1) is 5.92 Å². The van der Waals surface area contributed by atoms with Gasteiger partial charge < -0.3 is 0 Å². The summed E-state index contributed by atoms with van der Waals surface area (Å²) in [5, 5.41) is 0.568. The topological polar surface area (TPSA) is 29.4 Å². The molecule has 0 saturated heterocycles. The van der Waals surface area contributed by atoms with E-state index in [1.54, 1.807) is 0 Å². The first kappa shape index (κ1) is 8.41. The van der Waals surface area contributed by atoms with Crippen LogP contribution in [0.1, 0.15) is 13.8 Å². The SMILES string of the molecule is CC(C)C(Cl)=CN=C=O. The lowest BCUT2D eigenvalue weighted by Gasteiger charge is -1.96. The van der Waals surface area contributed by atoms with Gasteiger partial charge in [0.25, 0.3) is 0 Å². The van der Waals surface area contributed by atoms with Crippen LogP contribution in [-0.2, 0) is 4.79 Å². The molecule has 3 heteroatoms. The molecule has 0 saturated carbocycles. The molecule has 0 unspecified atom stereocenters. The zero-order valence-corrected chi connectivity index (χ0v) is 6.14. The molecule has 9 heavy (non-hydrogen) atoms. The smallest absolute Gasteiger partial charge is 0.211 e. The summed E-state index contributed by atoms with van der Waals surface area (Å²) in [6, 6.07) is 0. The van der Waals surface area contributed by atoms with Gasteiger partial charge in [-0.3, -0.25) is 0 Å². The van der Waals surface area contributed by atoms with Crippen molar-refractivity contribution in [2.24, 2.45) is 10.9 Å². The summed E-state index contributed by atoms with van der Waals surface area (Å²) >= 11 is 5.58. The van der Waals surface area contributed by atoms with Gasteiger partial charge in [-0.1, -0.05) is 25.4 Å². The second-order valence-corrected chi connectivity index (χ2v) is 2.33. The molecule has 50 valence electrons. The van der Waals surface area contributed by atoms with Crippen molar-refractivity contribution in [3.63, 3.8) is 0 Å². The van der Waals surface area contributed by atoms with E-state index in [0.717, 1.165) is 0 Å². The van der Waals surface area contributed by atoms with Gasteiger partial charge in [0.2, 0.25) is 6.08 Å². The molecule has 0 aliphatic carbocycles. The van der Waals surface area contributed by atoms with Crippen molar-refractivity contribution in [2.75, 3.05) is 0 Å². The van der Waals surface area contributed by atoms with Gasteiger partial charge in [0.05, 0.1) is 6.20 Å². The van der Waals surface area contributed by atoms with Crippen LogP contribution in [0.15, 0.2) is 16.2 Å². The number of nitrogens with zero attached hydrogens (tertiary/aromatic N) is 1. The summed E-state index contributed by atoms with van der Waals surface area (Å²) < 4.78 is 0. The molecular formula is C6H8ClNO. The van der Waals surface area contributed by atoms with Gasteiger partial charge in [-0.15, -0.1) is 0 Å². The summed E-state index contributed by atoms with van der Waals surface area (Å²) in [4.78, 5) is 12.7. The number of rotatable bonds is 2. The van der Waals surface area contributed by atoms with Crippen LogP contribution in [0.3, 0.4) is 0 Å². The minimum absolute atomic E-state index is 0.226. The second kappa shape index (κ2) is 4.30. The Balaban J connectivity index is 3.99. The van der Waals surface area contributed by atoms with Crippen LogP contribution in [0.4, 0.5) is 0 Å². The first-order chi connectivity index (χ1) is 4.18. The zero-order chi connectivity index (χ0) is 7.28. The number of carbonyl (C=O) groups excluding carboxylic acids is 1. The third kappa shape index (κ3) is 3.95. The molecule has 0 rings (SSSR count). The third-order valence-corrected chi connectivity index (χ3v) is 1.33. The minimum Gasteiger partial charge on any atom is -0.211 e. The lowest BCUT2D eigenvalue weighted by atomic mass is 10.2. The van der Waals surface area contributed by atoms with Gasteiger partial charge in [0, 0.05) is 5.03 Å². The normalized spacial score (nSPS) is 11.3. The molecule has 0 aliphatic heterocycles. The highest BCUT2D eigenvalue weighted by molar-refractivity contribution is 6.29. The zero-order valence-electron chi connectivity index (χ0n) is 5.39. The summed E-state index contributed by atoms with van der Waals surface area (Å²) in [5.41, 5.74) is 0. The molecule has 0 fully saturated rings. The van der Waals surface area contributed by atoms with Crippen molar-refractivity contribution in [3.8, 4) is 0 Å². The molecule has 0 aromatic carbocycles. The fourth-order valence-corrected chi connectivity index (χ4v) is 0.286. The fourth-order valence-electron chi connectivity index (χ4n) is 0.237. The Morgan fingerprint density at radius 3 is 2.67 bits per heavy atom. The van der Waals surface area contributed by atoms with E-state index in [0.29, 0.717) is 5.03 Å². The number of halogens is 1. The van der Waals surface area contributed by atoms with E-state index in [1.807, 2.05) is 13.8 Å². The van der Waals surface area contributed by atoms with Crippen molar-refractivity contribution in [1.29, 1.82) is 0 Å². The summed E-state index contributed by atoms with van der Waals surface area (Å²) in [7, 11) is 0. The lowest BCUT2D eigenvalue weighted by Crippen LogP contribution is -1.83. The predicted octanol–water partition coefficient (Wildman–Crippen LogP) is 2.06. The fraction of sp³-hybridized carbons (Fsp3) is 0.500. The Bertz CT molecular complexity index is 156. The minimum atomic E-state index is 0.226. The van der Waals surface area contributed by atoms with Crippen LogP contribution in [0.2, 0.25) is 0 Å². The highest BCUT2D eigenvalue weighted by Gasteiger charge is 1.95. The molecule has 0 aromatic rings. The monoisotopic (exact) mass is 145 g/mol. The average molecular weight is 146 g/mol. The highest BCUT2D eigenvalue weighted by Crippen LogP contribution is 2.12. The van der Waals surface area contributed by atoms with Crippen molar-refractivity contribution in [1.82, 2.24) is 0 Å². The highest BCUT2D eigenvalue weighted by atomic mass is 35.5. The molecule has 0 aromatic heterocycles. The van der Waals surface area contributed by atoms with E-state index in [1.165, 1.54) is 12.3 Å². The molecule has 0 amide bonds. The Labute approximate surface area is 59.2 Å². The lowest BCUT2D eigenvalue weighted by molar-refractivity contribution is 0.565. The quantitative estimate of drug-likeness (QED) is 0.432. The maximum absolute atomic E-state index is 9.54. The van der Waals surface area contributed by atoms with Crippen LogP contribution >= 0.6 is 11.6 Å². The Kier molecular flexibility index (Phi) is 4.02. The van der Waals surface area contributed by atoms with Gasteiger partial charge in [-0.25, -0.2) is 4.79 Å². The molecule has 0 heterocycles. The van der Waals surface area contributed by atoms with Crippen molar-refractivity contribution >= 4 is 17.7 Å². The number of allylic oxidation sites excluding steroid dienone is 1. The molecule has 0 bridgehead atoms. The average Bonchev–Trinajstić information content (AvgIpc) is 1.82. The molecule has 0 atom stereocenters. The van der Waals surface area contributed by atoms with Crippen LogP contribution in [0.5, 0.6) is 0 Å². The van der Waals surface area contributed by atoms with Crippen molar-refractivity contribution in [2.45, 2.75) is 13.8 Å². The van der Waals surface area contributed by atoms with Crippen LogP contribution in [0.25, 0.3) is 0 Å². The number of isocyanates is 1. The first-order valence-corrected chi connectivity index (χ1v) is 2.98.